The Morgan fingerprint density at radius 2 is 2.00 bits per heavy atom. The van der Waals surface area contributed by atoms with E-state index in [2.05, 4.69) is 5.32 Å². The molecule has 0 spiro atoms. The third kappa shape index (κ3) is 4.05. The van der Waals surface area contributed by atoms with Crippen LogP contribution < -0.4 is 5.32 Å². The maximum absolute atomic E-state index is 13.3. The average Bonchev–Trinajstić information content (AvgIpc) is 2.62. The summed E-state index contributed by atoms with van der Waals surface area (Å²) in [6.45, 7) is 6.33. The Morgan fingerprint density at radius 1 is 1.35 bits per heavy atom. The van der Waals surface area contributed by atoms with Crippen LogP contribution in [0, 0.1) is 6.92 Å². The number of sulfonamides is 1. The van der Waals surface area contributed by atoms with E-state index in [1.165, 1.54) is 16.4 Å². The van der Waals surface area contributed by atoms with E-state index in [0.717, 1.165) is 4.90 Å². The summed E-state index contributed by atoms with van der Waals surface area (Å²) < 4.78 is 53.2. The van der Waals surface area contributed by atoms with Gasteiger partial charge in [0, 0.05) is 38.3 Å². The summed E-state index contributed by atoms with van der Waals surface area (Å²) in [6.07, 6.45) is -2.67. The molecule has 0 bridgehead atoms. The van der Waals surface area contributed by atoms with E-state index in [1.54, 1.807) is 26.8 Å². The highest BCUT2D eigenvalue weighted by Crippen LogP contribution is 2.23. The predicted octanol–water partition coefficient (Wildman–Crippen LogP) is 1.70. The van der Waals surface area contributed by atoms with Crippen LogP contribution in [0.4, 0.5) is 8.78 Å². The Bertz CT molecular complexity index is 752. The fraction of sp³-hybridized carbons (Fsp3) is 0.588. The monoisotopic (exact) mass is 389 g/mol. The third-order valence-electron chi connectivity index (χ3n) is 4.62. The summed E-state index contributed by atoms with van der Waals surface area (Å²) in [7, 11) is -3.73. The number of piperazine rings is 1. The molecule has 1 saturated heterocycles. The molecule has 1 fully saturated rings. The lowest BCUT2D eigenvalue weighted by molar-refractivity contribution is 0.0126. The lowest BCUT2D eigenvalue weighted by Crippen LogP contribution is -2.56. The van der Waals surface area contributed by atoms with Crippen LogP contribution in [0.5, 0.6) is 0 Å². The molecular weight excluding hydrogens is 364 g/mol. The molecule has 1 aromatic carbocycles. The molecule has 146 valence electrons. The first kappa shape index (κ1) is 20.7. The quantitative estimate of drug-likeness (QED) is 0.804. The highest BCUT2D eigenvalue weighted by atomic mass is 32.2. The molecular formula is C17H25F2N3O3S. The first-order valence-corrected chi connectivity index (χ1v) is 10.1. The summed E-state index contributed by atoms with van der Waals surface area (Å²) in [6, 6.07) is 3.07. The number of nitrogens with zero attached hydrogens (tertiary/aromatic N) is 2. The van der Waals surface area contributed by atoms with Gasteiger partial charge in [0.05, 0.1) is 4.90 Å². The molecule has 2 rings (SSSR count). The smallest absolute Gasteiger partial charge is 0.259 e. The molecule has 1 N–H and O–H groups in total. The predicted molar refractivity (Wildman–Crippen MR) is 95.0 cm³/mol. The molecule has 0 aromatic heterocycles. The summed E-state index contributed by atoms with van der Waals surface area (Å²) >= 11 is 0. The van der Waals surface area contributed by atoms with E-state index in [4.69, 9.17) is 0 Å². The van der Waals surface area contributed by atoms with Gasteiger partial charge in [-0.25, -0.2) is 17.2 Å². The minimum absolute atomic E-state index is 0.00104. The van der Waals surface area contributed by atoms with E-state index in [0.29, 0.717) is 25.2 Å². The number of benzene rings is 1. The Kier molecular flexibility index (Phi) is 6.70. The van der Waals surface area contributed by atoms with Crippen molar-refractivity contribution in [1.29, 1.82) is 0 Å². The average molecular weight is 389 g/mol. The van der Waals surface area contributed by atoms with Crippen molar-refractivity contribution >= 4 is 15.9 Å². The van der Waals surface area contributed by atoms with Crippen LogP contribution in [0.25, 0.3) is 0 Å². The van der Waals surface area contributed by atoms with Gasteiger partial charge in [-0.2, -0.15) is 4.31 Å². The van der Waals surface area contributed by atoms with Gasteiger partial charge in [0.1, 0.15) is 6.04 Å². The summed E-state index contributed by atoms with van der Waals surface area (Å²) in [5, 5.41) is 2.86. The number of carbonyl (C=O) groups excluding carboxylic acids is 1. The first-order valence-electron chi connectivity index (χ1n) is 8.64. The van der Waals surface area contributed by atoms with E-state index in [9.17, 15) is 22.0 Å². The summed E-state index contributed by atoms with van der Waals surface area (Å²) in [5.74, 6) is -0.564. The molecule has 1 aliphatic rings. The number of nitrogens with one attached hydrogen (secondary N) is 1. The zero-order chi connectivity index (χ0) is 19.5. The number of amides is 1. The Hall–Kier alpha value is -1.58. The summed E-state index contributed by atoms with van der Waals surface area (Å²) in [4.78, 5) is 14.0. The molecule has 1 aliphatic heterocycles. The first-order chi connectivity index (χ1) is 12.2. The van der Waals surface area contributed by atoms with Gasteiger partial charge in [-0.1, -0.05) is 19.9 Å². The molecule has 9 heteroatoms. The highest BCUT2D eigenvalue weighted by molar-refractivity contribution is 7.89. The van der Waals surface area contributed by atoms with Gasteiger partial charge in [0.25, 0.3) is 12.3 Å². The van der Waals surface area contributed by atoms with Crippen molar-refractivity contribution < 1.29 is 22.0 Å². The number of aryl methyl sites for hydroxylation is 1. The van der Waals surface area contributed by atoms with Gasteiger partial charge in [0.2, 0.25) is 10.0 Å². The molecule has 1 atom stereocenters. The van der Waals surface area contributed by atoms with Crippen LogP contribution in [-0.4, -0.2) is 68.7 Å². The van der Waals surface area contributed by atoms with Crippen LogP contribution in [-0.2, 0) is 10.0 Å². The zero-order valence-electron chi connectivity index (χ0n) is 15.2. The molecule has 1 amide bonds. The van der Waals surface area contributed by atoms with Crippen molar-refractivity contribution in [3.8, 4) is 0 Å². The van der Waals surface area contributed by atoms with Crippen LogP contribution in [0.3, 0.4) is 0 Å². The lowest BCUT2D eigenvalue weighted by atomic mass is 10.1. The lowest BCUT2D eigenvalue weighted by Gasteiger charge is -2.36. The van der Waals surface area contributed by atoms with Crippen LogP contribution in [0.2, 0.25) is 0 Å². The van der Waals surface area contributed by atoms with Crippen molar-refractivity contribution in [1.82, 2.24) is 14.5 Å². The maximum Gasteiger partial charge on any atom is 0.259 e. The minimum Gasteiger partial charge on any atom is -0.327 e. The van der Waals surface area contributed by atoms with Gasteiger partial charge >= 0.3 is 0 Å². The number of carbonyl (C=O) groups is 1. The molecule has 6 nitrogen and oxygen atoms in total. The molecule has 1 heterocycles. The maximum atomic E-state index is 13.3. The van der Waals surface area contributed by atoms with Crippen molar-refractivity contribution in [2.45, 2.75) is 38.1 Å². The number of hydrogen-bond acceptors (Lipinski definition) is 4. The summed E-state index contributed by atoms with van der Waals surface area (Å²) in [5.41, 5.74) is 0.700. The van der Waals surface area contributed by atoms with Crippen LogP contribution >= 0.6 is 0 Å². The number of rotatable bonds is 6. The van der Waals surface area contributed by atoms with Gasteiger partial charge in [0.15, 0.2) is 0 Å². The second-order valence-electron chi connectivity index (χ2n) is 6.17. The van der Waals surface area contributed by atoms with E-state index >= 15 is 0 Å². The van der Waals surface area contributed by atoms with Gasteiger partial charge in [-0.15, -0.1) is 0 Å². The molecule has 0 aliphatic carbocycles. The molecule has 0 radical (unpaired) electrons. The topological polar surface area (TPSA) is 69.7 Å². The van der Waals surface area contributed by atoms with Crippen LogP contribution in [0.15, 0.2) is 23.1 Å². The second-order valence-corrected chi connectivity index (χ2v) is 8.11. The Balaban J connectivity index is 2.42. The molecule has 26 heavy (non-hydrogen) atoms. The van der Waals surface area contributed by atoms with E-state index in [1.807, 2.05) is 0 Å². The molecule has 1 unspecified atom stereocenters. The number of alkyl halides is 2. The second kappa shape index (κ2) is 8.41. The largest absolute Gasteiger partial charge is 0.327 e. The fourth-order valence-electron chi connectivity index (χ4n) is 3.06. The van der Waals surface area contributed by atoms with Gasteiger partial charge in [-0.3, -0.25) is 4.79 Å². The standard InChI is InChI=1S/C17H25F2N3O3S/c1-4-21(5-2)26(24,25)13-7-6-12(3)14(10-13)17(23)22-9-8-20-11-15(22)16(18)19/h6-7,10,15-16,20H,4-5,8-9,11H2,1-3H3. The van der Waals surface area contributed by atoms with Gasteiger partial charge < -0.3 is 10.2 Å². The third-order valence-corrected chi connectivity index (χ3v) is 6.66. The van der Waals surface area contributed by atoms with Gasteiger partial charge in [-0.05, 0) is 24.6 Å². The zero-order valence-corrected chi connectivity index (χ0v) is 16.0. The molecule has 0 saturated carbocycles. The van der Waals surface area contributed by atoms with Crippen molar-refractivity contribution in [3.05, 3.63) is 29.3 Å². The normalized spacial score (nSPS) is 18.6. The van der Waals surface area contributed by atoms with Crippen molar-refractivity contribution in [3.63, 3.8) is 0 Å². The highest BCUT2D eigenvalue weighted by Gasteiger charge is 2.34. The number of hydrogen-bond donors (Lipinski definition) is 1. The van der Waals surface area contributed by atoms with Crippen molar-refractivity contribution in [2.75, 3.05) is 32.7 Å². The fourth-order valence-corrected chi connectivity index (χ4v) is 4.55. The van der Waals surface area contributed by atoms with E-state index < -0.39 is 28.4 Å². The van der Waals surface area contributed by atoms with E-state index in [-0.39, 0.29) is 23.5 Å². The Morgan fingerprint density at radius 3 is 2.58 bits per heavy atom. The molecule has 1 aromatic rings. The minimum atomic E-state index is -3.73. The van der Waals surface area contributed by atoms with Crippen LogP contribution in [0.1, 0.15) is 29.8 Å². The van der Waals surface area contributed by atoms with Crippen molar-refractivity contribution in [2.24, 2.45) is 0 Å². The SMILES string of the molecule is CCN(CC)S(=O)(=O)c1ccc(C)c(C(=O)N2CCNCC2C(F)F)c1. The number of halogens is 2. The Labute approximate surface area is 153 Å².